The van der Waals surface area contributed by atoms with Crippen LogP contribution < -0.4 is 4.72 Å². The van der Waals surface area contributed by atoms with E-state index in [2.05, 4.69) is 4.72 Å². The summed E-state index contributed by atoms with van der Waals surface area (Å²) in [6, 6.07) is 13.0. The zero-order valence-corrected chi connectivity index (χ0v) is 16.8. The molecule has 1 N–H and O–H groups in total. The van der Waals surface area contributed by atoms with Crippen LogP contribution in [0.2, 0.25) is 0 Å². The summed E-state index contributed by atoms with van der Waals surface area (Å²) in [4.78, 5) is 0.0419. The zero-order chi connectivity index (χ0) is 19.7. The summed E-state index contributed by atoms with van der Waals surface area (Å²) in [5.41, 5.74) is 2.14. The van der Waals surface area contributed by atoms with E-state index in [1.165, 1.54) is 38.4 Å². The SMILES string of the molecule is CN(C)S(=O)(=O)c1ccc(S(=O)(=O)NCC2OCCc3ccccc32)cc1. The standard InChI is InChI=1S/C18H22N2O5S2/c1-20(2)27(23,24)16-9-7-15(8-10-16)26(21,22)19-13-18-17-6-4-3-5-14(17)11-12-25-18/h3-10,18-19H,11-13H2,1-2H3. The smallest absolute Gasteiger partial charge is 0.242 e. The zero-order valence-electron chi connectivity index (χ0n) is 15.1. The Labute approximate surface area is 160 Å². The normalized spacial score (nSPS) is 17.7. The maximum Gasteiger partial charge on any atom is 0.242 e. The predicted octanol–water partition coefficient (Wildman–Crippen LogP) is 1.53. The lowest BCUT2D eigenvalue weighted by molar-refractivity contribution is 0.0460. The number of hydrogen-bond donors (Lipinski definition) is 1. The molecule has 1 aliphatic heterocycles. The topological polar surface area (TPSA) is 92.8 Å². The summed E-state index contributed by atoms with van der Waals surface area (Å²) in [6.07, 6.45) is 0.458. The number of rotatable bonds is 6. The molecule has 1 atom stereocenters. The van der Waals surface area contributed by atoms with Gasteiger partial charge in [0.25, 0.3) is 0 Å². The van der Waals surface area contributed by atoms with Gasteiger partial charge in [-0.3, -0.25) is 0 Å². The highest BCUT2D eigenvalue weighted by Gasteiger charge is 2.24. The Bertz CT molecular complexity index is 1020. The van der Waals surface area contributed by atoms with Gasteiger partial charge in [-0.2, -0.15) is 0 Å². The van der Waals surface area contributed by atoms with Gasteiger partial charge >= 0.3 is 0 Å². The van der Waals surface area contributed by atoms with Crippen LogP contribution in [0.15, 0.2) is 58.3 Å². The van der Waals surface area contributed by atoms with Crippen molar-refractivity contribution in [1.29, 1.82) is 0 Å². The van der Waals surface area contributed by atoms with Crippen molar-refractivity contribution in [2.75, 3.05) is 27.2 Å². The fourth-order valence-electron chi connectivity index (χ4n) is 2.92. The van der Waals surface area contributed by atoms with E-state index < -0.39 is 20.0 Å². The number of ether oxygens (including phenoxy) is 1. The summed E-state index contributed by atoms with van der Waals surface area (Å²) in [7, 11) is -4.55. The maximum absolute atomic E-state index is 12.6. The van der Waals surface area contributed by atoms with Gasteiger partial charge in [-0.1, -0.05) is 24.3 Å². The fraction of sp³-hybridized carbons (Fsp3) is 0.333. The molecule has 1 aliphatic rings. The number of benzene rings is 2. The molecular formula is C18H22N2O5S2. The van der Waals surface area contributed by atoms with E-state index in [9.17, 15) is 16.8 Å². The minimum absolute atomic E-state index is 0.00398. The molecule has 146 valence electrons. The van der Waals surface area contributed by atoms with Crippen LogP contribution in [0.5, 0.6) is 0 Å². The molecule has 7 nitrogen and oxygen atoms in total. The molecule has 1 unspecified atom stereocenters. The van der Waals surface area contributed by atoms with Crippen LogP contribution in [-0.4, -0.2) is 48.4 Å². The van der Waals surface area contributed by atoms with Crippen molar-refractivity contribution in [3.8, 4) is 0 Å². The monoisotopic (exact) mass is 410 g/mol. The molecule has 0 bridgehead atoms. The minimum Gasteiger partial charge on any atom is -0.372 e. The third-order valence-corrected chi connectivity index (χ3v) is 7.73. The highest BCUT2D eigenvalue weighted by molar-refractivity contribution is 7.89. The Hall–Kier alpha value is -1.78. The molecule has 2 aromatic rings. The summed E-state index contributed by atoms with van der Waals surface area (Å²) < 4.78 is 58.6. The Balaban J connectivity index is 1.75. The molecule has 0 radical (unpaired) electrons. The first-order valence-corrected chi connectivity index (χ1v) is 11.4. The Kier molecular flexibility index (Phi) is 5.68. The third-order valence-electron chi connectivity index (χ3n) is 4.46. The Morgan fingerprint density at radius 1 is 1.00 bits per heavy atom. The molecule has 2 aromatic carbocycles. The first-order valence-electron chi connectivity index (χ1n) is 8.43. The van der Waals surface area contributed by atoms with Gasteiger partial charge in [0.05, 0.1) is 22.5 Å². The molecule has 0 spiro atoms. The van der Waals surface area contributed by atoms with Crippen LogP contribution in [0.3, 0.4) is 0 Å². The molecule has 1 heterocycles. The predicted molar refractivity (Wildman–Crippen MR) is 101 cm³/mol. The van der Waals surface area contributed by atoms with Crippen molar-refractivity contribution in [2.45, 2.75) is 22.3 Å². The van der Waals surface area contributed by atoms with Crippen LogP contribution in [0.4, 0.5) is 0 Å². The molecule has 0 aliphatic carbocycles. The number of nitrogens with one attached hydrogen (secondary N) is 1. The molecule has 27 heavy (non-hydrogen) atoms. The lowest BCUT2D eigenvalue weighted by atomic mass is 9.98. The maximum atomic E-state index is 12.6. The van der Waals surface area contributed by atoms with E-state index in [1.807, 2.05) is 24.3 Å². The third kappa shape index (κ3) is 4.22. The van der Waals surface area contributed by atoms with Gasteiger partial charge in [-0.05, 0) is 41.8 Å². The Morgan fingerprint density at radius 2 is 1.63 bits per heavy atom. The van der Waals surface area contributed by atoms with Gasteiger partial charge in [-0.25, -0.2) is 25.9 Å². The molecule has 9 heteroatoms. The first kappa shape index (κ1) is 20.0. The van der Waals surface area contributed by atoms with Crippen LogP contribution in [0.1, 0.15) is 17.2 Å². The van der Waals surface area contributed by atoms with Crippen LogP contribution in [0.25, 0.3) is 0 Å². The fourth-order valence-corrected chi connectivity index (χ4v) is 4.85. The Morgan fingerprint density at radius 3 is 2.30 bits per heavy atom. The largest absolute Gasteiger partial charge is 0.372 e. The van der Waals surface area contributed by atoms with Gasteiger partial charge in [0.15, 0.2) is 0 Å². The second-order valence-corrected chi connectivity index (χ2v) is 10.3. The van der Waals surface area contributed by atoms with E-state index >= 15 is 0 Å². The lowest BCUT2D eigenvalue weighted by Crippen LogP contribution is -2.32. The molecular weight excluding hydrogens is 388 g/mol. The second kappa shape index (κ2) is 7.69. The van der Waals surface area contributed by atoms with Crippen molar-refractivity contribution >= 4 is 20.0 Å². The number of fused-ring (bicyclic) bond motifs is 1. The van der Waals surface area contributed by atoms with Crippen molar-refractivity contribution in [3.05, 3.63) is 59.7 Å². The summed E-state index contributed by atoms with van der Waals surface area (Å²) in [5, 5.41) is 0. The van der Waals surface area contributed by atoms with E-state index in [1.54, 1.807) is 0 Å². The van der Waals surface area contributed by atoms with Gasteiger partial charge in [0.2, 0.25) is 20.0 Å². The van der Waals surface area contributed by atoms with Gasteiger partial charge in [0.1, 0.15) is 0 Å². The average Bonchev–Trinajstić information content (AvgIpc) is 2.66. The molecule has 3 rings (SSSR count). The van der Waals surface area contributed by atoms with Gasteiger partial charge < -0.3 is 4.74 Å². The number of hydrogen-bond acceptors (Lipinski definition) is 5. The quantitative estimate of drug-likeness (QED) is 0.780. The summed E-state index contributed by atoms with van der Waals surface area (Å²) in [5.74, 6) is 0. The number of nitrogens with zero attached hydrogens (tertiary/aromatic N) is 1. The minimum atomic E-state index is -3.78. The van der Waals surface area contributed by atoms with Crippen molar-refractivity contribution in [1.82, 2.24) is 9.03 Å². The van der Waals surface area contributed by atoms with Gasteiger partial charge in [-0.15, -0.1) is 0 Å². The molecule has 0 saturated carbocycles. The summed E-state index contributed by atoms with van der Waals surface area (Å²) >= 11 is 0. The second-order valence-electron chi connectivity index (χ2n) is 6.42. The van der Waals surface area contributed by atoms with Crippen molar-refractivity contribution in [2.24, 2.45) is 0 Å². The number of sulfonamides is 2. The van der Waals surface area contributed by atoms with E-state index in [-0.39, 0.29) is 22.4 Å². The van der Waals surface area contributed by atoms with Crippen LogP contribution in [-0.2, 0) is 31.2 Å². The van der Waals surface area contributed by atoms with Crippen molar-refractivity contribution in [3.63, 3.8) is 0 Å². The molecule has 0 aromatic heterocycles. The lowest BCUT2D eigenvalue weighted by Gasteiger charge is -2.26. The van der Waals surface area contributed by atoms with Gasteiger partial charge in [0, 0.05) is 20.6 Å². The van der Waals surface area contributed by atoms with Crippen molar-refractivity contribution < 1.29 is 21.6 Å². The first-order chi connectivity index (χ1) is 12.7. The average molecular weight is 411 g/mol. The van der Waals surface area contributed by atoms with E-state index in [0.29, 0.717) is 6.61 Å². The highest BCUT2D eigenvalue weighted by atomic mass is 32.2. The molecule has 0 fully saturated rings. The highest BCUT2D eigenvalue weighted by Crippen LogP contribution is 2.26. The van der Waals surface area contributed by atoms with E-state index in [4.69, 9.17) is 4.74 Å². The van der Waals surface area contributed by atoms with E-state index in [0.717, 1.165) is 21.9 Å². The molecule has 0 amide bonds. The van der Waals surface area contributed by atoms with Crippen LogP contribution >= 0.6 is 0 Å². The summed E-state index contributed by atoms with van der Waals surface area (Å²) in [6.45, 7) is 0.650. The van der Waals surface area contributed by atoms with Crippen LogP contribution in [0, 0.1) is 0 Å². The molecule has 0 saturated heterocycles.